The lowest BCUT2D eigenvalue weighted by molar-refractivity contribution is -0.385. The number of non-ortho nitro benzene ring substituents is 1. The van der Waals surface area contributed by atoms with Gasteiger partial charge in [-0.15, -0.1) is 0 Å². The van der Waals surface area contributed by atoms with Crippen LogP contribution in [0.15, 0.2) is 42.5 Å². The van der Waals surface area contributed by atoms with Crippen LogP contribution in [0.4, 0.5) is 25.8 Å². The molecule has 6 heteroatoms. The molecule has 0 aromatic heterocycles. The minimum absolute atomic E-state index is 0.319. The summed E-state index contributed by atoms with van der Waals surface area (Å²) in [5.74, 6) is -1.07. The quantitative estimate of drug-likeness (QED) is 0.626. The fourth-order valence-corrected chi connectivity index (χ4v) is 1.96. The molecule has 0 saturated carbocycles. The summed E-state index contributed by atoms with van der Waals surface area (Å²) in [6.45, 7) is 2.28. The van der Waals surface area contributed by atoms with Crippen molar-refractivity contribution in [1.82, 2.24) is 0 Å². The van der Waals surface area contributed by atoms with Crippen molar-refractivity contribution in [2.24, 2.45) is 0 Å². The van der Waals surface area contributed by atoms with Crippen LogP contribution in [0, 0.1) is 21.7 Å². The van der Waals surface area contributed by atoms with E-state index in [0.29, 0.717) is 17.9 Å². The first-order valence-corrected chi connectivity index (χ1v) is 5.99. The average molecular weight is 278 g/mol. The van der Waals surface area contributed by atoms with Gasteiger partial charge in [0.05, 0.1) is 16.7 Å². The predicted octanol–water partition coefficient (Wildman–Crippen LogP) is 4.03. The Morgan fingerprint density at radius 3 is 2.25 bits per heavy atom. The van der Waals surface area contributed by atoms with Crippen LogP contribution >= 0.6 is 0 Å². The summed E-state index contributed by atoms with van der Waals surface area (Å²) >= 11 is 0. The van der Waals surface area contributed by atoms with Crippen molar-refractivity contribution in [3.05, 3.63) is 64.2 Å². The Labute approximate surface area is 114 Å². The molecule has 0 fully saturated rings. The minimum Gasteiger partial charge on any atom is -0.341 e. The zero-order valence-corrected chi connectivity index (χ0v) is 10.7. The lowest BCUT2D eigenvalue weighted by atomic mass is 10.2. The van der Waals surface area contributed by atoms with Gasteiger partial charge in [0.15, 0.2) is 0 Å². The van der Waals surface area contributed by atoms with Crippen LogP contribution in [-0.4, -0.2) is 11.5 Å². The van der Waals surface area contributed by atoms with Gasteiger partial charge < -0.3 is 4.90 Å². The summed E-state index contributed by atoms with van der Waals surface area (Å²) in [6, 6.07) is 9.00. The van der Waals surface area contributed by atoms with Crippen LogP contribution in [-0.2, 0) is 0 Å². The van der Waals surface area contributed by atoms with Crippen molar-refractivity contribution in [2.45, 2.75) is 6.92 Å². The first kappa shape index (κ1) is 13.9. The number of benzene rings is 2. The molecule has 0 unspecified atom stereocenters. The largest absolute Gasteiger partial charge is 0.341 e. The lowest BCUT2D eigenvalue weighted by Gasteiger charge is -2.23. The average Bonchev–Trinajstić information content (AvgIpc) is 2.41. The Morgan fingerprint density at radius 1 is 1.05 bits per heavy atom. The van der Waals surface area contributed by atoms with E-state index in [-0.39, 0.29) is 11.5 Å². The van der Waals surface area contributed by atoms with Gasteiger partial charge >= 0.3 is 0 Å². The smallest absolute Gasteiger partial charge is 0.274 e. The van der Waals surface area contributed by atoms with Crippen LogP contribution in [0.3, 0.4) is 0 Å². The van der Waals surface area contributed by atoms with Gasteiger partial charge in [-0.05, 0) is 37.3 Å². The van der Waals surface area contributed by atoms with E-state index in [1.165, 1.54) is 36.4 Å². The highest BCUT2D eigenvalue weighted by Crippen LogP contribution is 2.29. The molecule has 0 atom stereocenters. The second-order valence-electron chi connectivity index (χ2n) is 4.15. The van der Waals surface area contributed by atoms with E-state index >= 15 is 0 Å². The van der Waals surface area contributed by atoms with E-state index in [1.54, 1.807) is 4.90 Å². The van der Waals surface area contributed by atoms with Crippen molar-refractivity contribution < 1.29 is 13.7 Å². The third-order valence-electron chi connectivity index (χ3n) is 2.84. The van der Waals surface area contributed by atoms with E-state index in [4.69, 9.17) is 0 Å². The van der Waals surface area contributed by atoms with Crippen molar-refractivity contribution in [2.75, 3.05) is 11.4 Å². The Morgan fingerprint density at radius 2 is 1.70 bits per heavy atom. The summed E-state index contributed by atoms with van der Waals surface area (Å²) in [5.41, 5.74) is 0.667. The standard InChI is InChI=1S/C14H12F2N2O2/c1-2-17(12-5-3-10(15)4-6-12)13-7-11(16)8-14(9-13)18(19)20/h3-9H,2H2,1H3. The normalized spacial score (nSPS) is 10.3. The van der Waals surface area contributed by atoms with Crippen LogP contribution in [0.5, 0.6) is 0 Å². The number of nitro groups is 1. The van der Waals surface area contributed by atoms with E-state index in [2.05, 4.69) is 0 Å². The third kappa shape index (κ3) is 2.90. The molecule has 0 heterocycles. The fraction of sp³-hybridized carbons (Fsp3) is 0.143. The SMILES string of the molecule is CCN(c1ccc(F)cc1)c1cc(F)cc([N+](=O)[O-])c1. The number of nitro benzene ring substituents is 1. The Hall–Kier alpha value is -2.50. The summed E-state index contributed by atoms with van der Waals surface area (Å²) in [4.78, 5) is 11.8. The molecule has 104 valence electrons. The zero-order valence-electron chi connectivity index (χ0n) is 10.7. The maximum absolute atomic E-state index is 13.5. The molecule has 0 saturated heterocycles. The maximum atomic E-state index is 13.5. The summed E-state index contributed by atoms with van der Waals surface area (Å²) in [7, 11) is 0. The van der Waals surface area contributed by atoms with E-state index in [1.807, 2.05) is 6.92 Å². The van der Waals surface area contributed by atoms with Gasteiger partial charge in [-0.2, -0.15) is 0 Å². The molecule has 0 aliphatic heterocycles. The molecule has 0 N–H and O–H groups in total. The highest BCUT2D eigenvalue weighted by atomic mass is 19.1. The third-order valence-corrected chi connectivity index (χ3v) is 2.84. The monoisotopic (exact) mass is 278 g/mol. The molecule has 2 aromatic carbocycles. The molecule has 0 radical (unpaired) electrons. The van der Waals surface area contributed by atoms with Gasteiger partial charge in [-0.1, -0.05) is 0 Å². The number of rotatable bonds is 4. The minimum atomic E-state index is -0.685. The topological polar surface area (TPSA) is 46.4 Å². The second kappa shape index (κ2) is 5.64. The highest BCUT2D eigenvalue weighted by molar-refractivity contribution is 5.65. The summed E-state index contributed by atoms with van der Waals surface area (Å²) < 4.78 is 26.4. The maximum Gasteiger partial charge on any atom is 0.274 e. The molecule has 4 nitrogen and oxygen atoms in total. The molecule has 0 spiro atoms. The van der Waals surface area contributed by atoms with E-state index < -0.39 is 10.7 Å². The van der Waals surface area contributed by atoms with Crippen molar-refractivity contribution in [3.63, 3.8) is 0 Å². The summed E-state index contributed by atoms with van der Waals surface area (Å²) in [5, 5.41) is 10.8. The van der Waals surface area contributed by atoms with Crippen LogP contribution in [0.1, 0.15) is 6.92 Å². The second-order valence-corrected chi connectivity index (χ2v) is 4.15. The molecular formula is C14H12F2N2O2. The van der Waals surface area contributed by atoms with Crippen LogP contribution in [0.25, 0.3) is 0 Å². The van der Waals surface area contributed by atoms with E-state index in [9.17, 15) is 18.9 Å². The van der Waals surface area contributed by atoms with Gasteiger partial charge in [0.25, 0.3) is 5.69 Å². The molecule has 20 heavy (non-hydrogen) atoms. The van der Waals surface area contributed by atoms with Gasteiger partial charge in [0, 0.05) is 18.3 Å². The van der Waals surface area contributed by atoms with Crippen molar-refractivity contribution >= 4 is 17.1 Å². The van der Waals surface area contributed by atoms with Gasteiger partial charge in [0.2, 0.25) is 0 Å². The van der Waals surface area contributed by atoms with Crippen LogP contribution < -0.4 is 4.90 Å². The molecule has 0 aliphatic carbocycles. The van der Waals surface area contributed by atoms with Crippen LogP contribution in [0.2, 0.25) is 0 Å². The summed E-state index contributed by atoms with van der Waals surface area (Å²) in [6.07, 6.45) is 0. The Bertz CT molecular complexity index is 630. The number of hydrogen-bond acceptors (Lipinski definition) is 3. The zero-order chi connectivity index (χ0) is 14.7. The molecule has 0 amide bonds. The molecule has 2 aromatic rings. The molecular weight excluding hydrogens is 266 g/mol. The van der Waals surface area contributed by atoms with Gasteiger partial charge in [-0.3, -0.25) is 10.1 Å². The fourth-order valence-electron chi connectivity index (χ4n) is 1.96. The first-order chi connectivity index (χ1) is 9.51. The number of hydrogen-bond donors (Lipinski definition) is 0. The predicted molar refractivity (Wildman–Crippen MR) is 72.1 cm³/mol. The molecule has 0 aliphatic rings. The van der Waals surface area contributed by atoms with Crippen molar-refractivity contribution in [1.29, 1.82) is 0 Å². The number of anilines is 2. The van der Waals surface area contributed by atoms with Gasteiger partial charge in [0.1, 0.15) is 11.6 Å². The Balaban J connectivity index is 2.46. The van der Waals surface area contributed by atoms with Gasteiger partial charge in [-0.25, -0.2) is 8.78 Å². The Kier molecular flexibility index (Phi) is 3.93. The number of nitrogens with zero attached hydrogens (tertiary/aromatic N) is 2. The van der Waals surface area contributed by atoms with E-state index in [0.717, 1.165) is 6.07 Å². The van der Waals surface area contributed by atoms with Crippen molar-refractivity contribution in [3.8, 4) is 0 Å². The number of halogens is 2. The highest BCUT2D eigenvalue weighted by Gasteiger charge is 2.14. The molecule has 2 rings (SSSR count). The molecule has 0 bridgehead atoms. The lowest BCUT2D eigenvalue weighted by Crippen LogP contribution is -2.16. The first-order valence-electron chi connectivity index (χ1n) is 5.99.